The van der Waals surface area contributed by atoms with Gasteiger partial charge in [-0.25, -0.2) is 9.97 Å². The molecule has 2 N–H and O–H groups in total. The first-order valence-electron chi connectivity index (χ1n) is 8.04. The van der Waals surface area contributed by atoms with E-state index in [4.69, 9.17) is 0 Å². The van der Waals surface area contributed by atoms with Crippen molar-refractivity contribution in [1.29, 1.82) is 0 Å². The van der Waals surface area contributed by atoms with Crippen molar-refractivity contribution in [2.45, 2.75) is 13.8 Å². The minimum atomic E-state index is -0.150. The summed E-state index contributed by atoms with van der Waals surface area (Å²) in [7, 11) is 3.88. The molecule has 0 saturated heterocycles. The quantitative estimate of drug-likeness (QED) is 0.716. The van der Waals surface area contributed by atoms with Crippen LogP contribution in [-0.2, 0) is 0 Å². The SMILES string of the molecule is Cc1cc(N(C)C)nc(Nc2ccc(NC(=O)c3scnc3C)cc2)n1. The number of aryl methyl sites for hydroxylation is 2. The van der Waals surface area contributed by atoms with E-state index in [0.29, 0.717) is 16.5 Å². The van der Waals surface area contributed by atoms with Gasteiger partial charge in [-0.2, -0.15) is 4.98 Å². The van der Waals surface area contributed by atoms with Crippen molar-refractivity contribution in [1.82, 2.24) is 15.0 Å². The third-order valence-corrected chi connectivity index (χ3v) is 4.58. The minimum Gasteiger partial charge on any atom is -0.363 e. The summed E-state index contributed by atoms with van der Waals surface area (Å²) in [6, 6.07) is 9.33. The number of aromatic nitrogens is 3. The second kappa shape index (κ2) is 7.49. The maximum absolute atomic E-state index is 12.2. The highest BCUT2D eigenvalue weighted by Crippen LogP contribution is 2.20. The highest BCUT2D eigenvalue weighted by atomic mass is 32.1. The smallest absolute Gasteiger partial charge is 0.267 e. The Bertz CT molecular complexity index is 920. The Morgan fingerprint density at radius 3 is 2.38 bits per heavy atom. The van der Waals surface area contributed by atoms with Crippen molar-refractivity contribution < 1.29 is 4.79 Å². The van der Waals surface area contributed by atoms with Crippen LogP contribution in [0.2, 0.25) is 0 Å². The number of anilines is 4. The van der Waals surface area contributed by atoms with Crippen LogP contribution in [0, 0.1) is 13.8 Å². The van der Waals surface area contributed by atoms with Crippen molar-refractivity contribution in [2.75, 3.05) is 29.6 Å². The minimum absolute atomic E-state index is 0.150. The highest BCUT2D eigenvalue weighted by molar-refractivity contribution is 7.12. The van der Waals surface area contributed by atoms with Gasteiger partial charge in [0.2, 0.25) is 5.95 Å². The Kier molecular flexibility index (Phi) is 5.13. The lowest BCUT2D eigenvalue weighted by molar-refractivity contribution is 0.103. The second-order valence-corrected chi connectivity index (χ2v) is 6.86. The number of carbonyl (C=O) groups excluding carboxylic acids is 1. The maximum Gasteiger partial charge on any atom is 0.267 e. The van der Waals surface area contributed by atoms with E-state index in [9.17, 15) is 4.79 Å². The maximum atomic E-state index is 12.2. The molecule has 0 spiro atoms. The molecule has 0 unspecified atom stereocenters. The number of carbonyl (C=O) groups is 1. The third-order valence-electron chi connectivity index (χ3n) is 3.65. The molecule has 0 aliphatic heterocycles. The summed E-state index contributed by atoms with van der Waals surface area (Å²) in [5, 5.41) is 6.06. The van der Waals surface area contributed by atoms with E-state index in [1.54, 1.807) is 5.51 Å². The molecule has 0 atom stereocenters. The summed E-state index contributed by atoms with van der Waals surface area (Å²) in [5.41, 5.74) is 4.84. The number of nitrogens with one attached hydrogen (secondary N) is 2. The number of amides is 1. The predicted molar refractivity (Wildman–Crippen MR) is 106 cm³/mol. The Balaban J connectivity index is 1.70. The number of nitrogens with zero attached hydrogens (tertiary/aromatic N) is 4. The van der Waals surface area contributed by atoms with Crippen LogP contribution >= 0.6 is 11.3 Å². The lowest BCUT2D eigenvalue weighted by atomic mass is 10.2. The summed E-state index contributed by atoms with van der Waals surface area (Å²) in [5.74, 6) is 1.22. The first kappa shape index (κ1) is 17.8. The molecule has 8 heteroatoms. The third kappa shape index (κ3) is 4.15. The van der Waals surface area contributed by atoms with Crippen LogP contribution in [0.3, 0.4) is 0 Å². The van der Waals surface area contributed by atoms with Crippen molar-refractivity contribution in [3.8, 4) is 0 Å². The van der Waals surface area contributed by atoms with Gasteiger partial charge < -0.3 is 15.5 Å². The van der Waals surface area contributed by atoms with E-state index in [2.05, 4.69) is 25.6 Å². The summed E-state index contributed by atoms with van der Waals surface area (Å²) in [6.07, 6.45) is 0. The Labute approximate surface area is 156 Å². The number of hydrogen-bond donors (Lipinski definition) is 2. The van der Waals surface area contributed by atoms with Crippen LogP contribution < -0.4 is 15.5 Å². The molecule has 0 fully saturated rings. The normalized spacial score (nSPS) is 10.5. The van der Waals surface area contributed by atoms with E-state index >= 15 is 0 Å². The molecule has 0 aliphatic rings. The van der Waals surface area contributed by atoms with Gasteiger partial charge in [0.25, 0.3) is 5.91 Å². The topological polar surface area (TPSA) is 83.0 Å². The first-order valence-corrected chi connectivity index (χ1v) is 8.92. The van der Waals surface area contributed by atoms with Crippen LogP contribution in [0.15, 0.2) is 35.8 Å². The van der Waals surface area contributed by atoms with Crippen LogP contribution in [0.4, 0.5) is 23.1 Å². The highest BCUT2D eigenvalue weighted by Gasteiger charge is 2.12. The number of thiazole rings is 1. The molecule has 0 saturated carbocycles. The molecule has 0 radical (unpaired) electrons. The second-order valence-electron chi connectivity index (χ2n) is 6.01. The molecule has 1 aromatic carbocycles. The van der Waals surface area contributed by atoms with Crippen molar-refractivity contribution in [3.05, 3.63) is 52.1 Å². The first-order chi connectivity index (χ1) is 12.4. The zero-order chi connectivity index (χ0) is 18.7. The molecule has 3 rings (SSSR count). The summed E-state index contributed by atoms with van der Waals surface area (Å²) in [4.78, 5) is 27.8. The molecule has 1 amide bonds. The molecular weight excluding hydrogens is 348 g/mol. The van der Waals surface area contributed by atoms with Gasteiger partial charge in [0.1, 0.15) is 10.7 Å². The molecule has 26 heavy (non-hydrogen) atoms. The Morgan fingerprint density at radius 2 is 1.77 bits per heavy atom. The molecule has 2 aromatic heterocycles. The van der Waals surface area contributed by atoms with Gasteiger partial charge in [-0.15, -0.1) is 11.3 Å². The Hall–Kier alpha value is -3.00. The average molecular weight is 368 g/mol. The Morgan fingerprint density at radius 1 is 1.08 bits per heavy atom. The lowest BCUT2D eigenvalue weighted by Crippen LogP contribution is -2.13. The number of benzene rings is 1. The molecule has 3 aromatic rings. The molecular formula is C18H20N6OS. The van der Waals surface area contributed by atoms with Crippen molar-refractivity contribution in [2.24, 2.45) is 0 Å². The van der Waals surface area contributed by atoms with Gasteiger partial charge in [0.05, 0.1) is 11.2 Å². The van der Waals surface area contributed by atoms with Gasteiger partial charge in [-0.3, -0.25) is 4.79 Å². The summed E-state index contributed by atoms with van der Waals surface area (Å²) < 4.78 is 0. The van der Waals surface area contributed by atoms with Crippen LogP contribution in [0.25, 0.3) is 0 Å². The van der Waals surface area contributed by atoms with E-state index in [1.807, 2.05) is 63.2 Å². The van der Waals surface area contributed by atoms with Gasteiger partial charge >= 0.3 is 0 Å². The standard InChI is InChI=1S/C18H20N6OS/c1-11-9-15(24(3)4)23-18(20-11)22-14-7-5-13(6-8-14)21-17(25)16-12(2)19-10-26-16/h5-10H,1-4H3,(H,21,25)(H,20,22,23). The van der Waals surface area contributed by atoms with Crippen molar-refractivity contribution >= 4 is 40.4 Å². The van der Waals surface area contributed by atoms with Crippen LogP contribution in [0.5, 0.6) is 0 Å². The van der Waals surface area contributed by atoms with Crippen LogP contribution in [0.1, 0.15) is 21.1 Å². The molecule has 0 bridgehead atoms. The zero-order valence-electron chi connectivity index (χ0n) is 15.1. The number of rotatable bonds is 5. The van der Waals surface area contributed by atoms with Gasteiger partial charge in [-0.1, -0.05) is 0 Å². The lowest BCUT2D eigenvalue weighted by Gasteiger charge is -2.14. The van der Waals surface area contributed by atoms with Gasteiger partial charge in [0.15, 0.2) is 0 Å². The fraction of sp³-hybridized carbons (Fsp3) is 0.222. The van der Waals surface area contributed by atoms with E-state index in [0.717, 1.165) is 22.9 Å². The van der Waals surface area contributed by atoms with E-state index in [1.165, 1.54) is 11.3 Å². The summed E-state index contributed by atoms with van der Waals surface area (Å²) in [6.45, 7) is 3.75. The van der Waals surface area contributed by atoms with Crippen LogP contribution in [-0.4, -0.2) is 35.0 Å². The zero-order valence-corrected chi connectivity index (χ0v) is 15.9. The molecule has 7 nitrogen and oxygen atoms in total. The fourth-order valence-corrected chi connectivity index (χ4v) is 3.01. The average Bonchev–Trinajstić information content (AvgIpc) is 3.02. The molecule has 134 valence electrons. The largest absolute Gasteiger partial charge is 0.363 e. The number of hydrogen-bond acceptors (Lipinski definition) is 7. The van der Waals surface area contributed by atoms with Crippen molar-refractivity contribution in [3.63, 3.8) is 0 Å². The molecule has 0 aliphatic carbocycles. The fourth-order valence-electron chi connectivity index (χ4n) is 2.31. The van der Waals surface area contributed by atoms with E-state index in [-0.39, 0.29) is 5.91 Å². The predicted octanol–water partition coefficient (Wildman–Crippen LogP) is 3.61. The van der Waals surface area contributed by atoms with E-state index < -0.39 is 0 Å². The van der Waals surface area contributed by atoms with Gasteiger partial charge in [-0.05, 0) is 38.1 Å². The molecule has 2 heterocycles. The summed E-state index contributed by atoms with van der Waals surface area (Å²) >= 11 is 1.33. The van der Waals surface area contributed by atoms with Gasteiger partial charge in [0, 0.05) is 37.2 Å². The monoisotopic (exact) mass is 368 g/mol.